The number of aliphatic hydroxyl groups excluding tert-OH is 1. The van der Waals surface area contributed by atoms with Crippen LogP contribution in [0.1, 0.15) is 38.0 Å². The zero-order valence-corrected chi connectivity index (χ0v) is 12.3. The maximum atomic E-state index is 9.71. The molecule has 0 radical (unpaired) electrons. The second-order valence-corrected chi connectivity index (χ2v) is 5.33. The Balaban J connectivity index is 2.27. The van der Waals surface area contributed by atoms with Crippen molar-refractivity contribution in [1.82, 2.24) is 4.98 Å². The zero-order chi connectivity index (χ0) is 14.5. The molecule has 2 rings (SSSR count). The summed E-state index contributed by atoms with van der Waals surface area (Å²) in [5.41, 5.74) is 2.15. The first-order chi connectivity index (χ1) is 9.58. The standard InChI is InChI=1S/C17H22N2O/c1-13(2)19(12-15-7-5-4-6-8-15)17-11-16(14(3)20)9-10-18-17/h4-11,13-14,20H,12H2,1-3H3/t14-/m0/s1. The molecule has 0 aliphatic rings. The van der Waals surface area contributed by atoms with Gasteiger partial charge in [0.05, 0.1) is 6.10 Å². The molecule has 20 heavy (non-hydrogen) atoms. The van der Waals surface area contributed by atoms with E-state index in [1.807, 2.05) is 30.3 Å². The number of pyridine rings is 1. The molecule has 2 aromatic rings. The van der Waals surface area contributed by atoms with E-state index in [4.69, 9.17) is 0 Å². The number of hydrogen-bond donors (Lipinski definition) is 1. The molecule has 1 atom stereocenters. The number of anilines is 1. The van der Waals surface area contributed by atoms with Gasteiger partial charge in [0.15, 0.2) is 0 Å². The summed E-state index contributed by atoms with van der Waals surface area (Å²) < 4.78 is 0. The first-order valence-electron chi connectivity index (χ1n) is 7.02. The maximum absolute atomic E-state index is 9.71. The minimum absolute atomic E-state index is 0.340. The van der Waals surface area contributed by atoms with Crippen LogP contribution in [0.2, 0.25) is 0 Å². The molecule has 0 fully saturated rings. The van der Waals surface area contributed by atoms with Crippen LogP contribution in [0.3, 0.4) is 0 Å². The van der Waals surface area contributed by atoms with Gasteiger partial charge in [-0.1, -0.05) is 30.3 Å². The van der Waals surface area contributed by atoms with Crippen molar-refractivity contribution in [1.29, 1.82) is 0 Å². The first kappa shape index (κ1) is 14.5. The number of nitrogens with zero attached hydrogens (tertiary/aromatic N) is 2. The maximum Gasteiger partial charge on any atom is 0.129 e. The molecule has 0 saturated carbocycles. The van der Waals surface area contributed by atoms with Gasteiger partial charge in [0.25, 0.3) is 0 Å². The molecule has 1 aromatic heterocycles. The molecule has 0 spiro atoms. The number of benzene rings is 1. The molecule has 0 bridgehead atoms. The van der Waals surface area contributed by atoms with Crippen molar-refractivity contribution in [2.24, 2.45) is 0 Å². The van der Waals surface area contributed by atoms with E-state index in [9.17, 15) is 5.11 Å². The molecule has 106 valence electrons. The largest absolute Gasteiger partial charge is 0.389 e. The number of rotatable bonds is 5. The van der Waals surface area contributed by atoms with Crippen molar-refractivity contribution in [3.63, 3.8) is 0 Å². The summed E-state index contributed by atoms with van der Waals surface area (Å²) >= 11 is 0. The SMILES string of the molecule is CC(C)N(Cc1ccccc1)c1cc([C@H](C)O)ccn1. The lowest BCUT2D eigenvalue weighted by molar-refractivity contribution is 0.199. The molecule has 3 nitrogen and oxygen atoms in total. The van der Waals surface area contributed by atoms with Crippen LogP contribution in [0.5, 0.6) is 0 Å². The van der Waals surface area contributed by atoms with Gasteiger partial charge in [0, 0.05) is 18.8 Å². The van der Waals surface area contributed by atoms with Gasteiger partial charge in [0.1, 0.15) is 5.82 Å². The fraction of sp³-hybridized carbons (Fsp3) is 0.353. The average Bonchev–Trinajstić information content (AvgIpc) is 2.45. The summed E-state index contributed by atoms with van der Waals surface area (Å²) in [5.74, 6) is 0.905. The molecule has 0 unspecified atom stereocenters. The normalized spacial score (nSPS) is 12.4. The number of aromatic nitrogens is 1. The van der Waals surface area contributed by atoms with Gasteiger partial charge < -0.3 is 10.0 Å². The van der Waals surface area contributed by atoms with Gasteiger partial charge in [-0.05, 0) is 44.0 Å². The topological polar surface area (TPSA) is 36.4 Å². The third-order valence-electron chi connectivity index (χ3n) is 3.37. The highest BCUT2D eigenvalue weighted by Crippen LogP contribution is 2.21. The van der Waals surface area contributed by atoms with Gasteiger partial charge in [-0.25, -0.2) is 4.98 Å². The van der Waals surface area contributed by atoms with Gasteiger partial charge in [-0.15, -0.1) is 0 Å². The average molecular weight is 270 g/mol. The van der Waals surface area contributed by atoms with E-state index in [-0.39, 0.29) is 0 Å². The highest BCUT2D eigenvalue weighted by Gasteiger charge is 2.14. The van der Waals surface area contributed by atoms with E-state index in [0.29, 0.717) is 6.04 Å². The van der Waals surface area contributed by atoms with Crippen LogP contribution in [0, 0.1) is 0 Å². The molecule has 3 heteroatoms. The highest BCUT2D eigenvalue weighted by molar-refractivity contribution is 5.43. The summed E-state index contributed by atoms with van der Waals surface area (Å²) in [5, 5.41) is 9.71. The van der Waals surface area contributed by atoms with Crippen LogP contribution in [0.15, 0.2) is 48.7 Å². The van der Waals surface area contributed by atoms with Gasteiger partial charge >= 0.3 is 0 Å². The summed E-state index contributed by atoms with van der Waals surface area (Å²) in [4.78, 5) is 6.69. The van der Waals surface area contributed by atoms with Gasteiger partial charge in [-0.2, -0.15) is 0 Å². The third kappa shape index (κ3) is 3.58. The lowest BCUT2D eigenvalue weighted by Gasteiger charge is -2.28. The Hall–Kier alpha value is -1.87. The van der Waals surface area contributed by atoms with E-state index < -0.39 is 6.10 Å². The van der Waals surface area contributed by atoms with Crippen molar-refractivity contribution in [2.45, 2.75) is 39.5 Å². The first-order valence-corrected chi connectivity index (χ1v) is 7.02. The van der Waals surface area contributed by atoms with Crippen LogP contribution in [0.25, 0.3) is 0 Å². The van der Waals surface area contributed by atoms with Gasteiger partial charge in [0.2, 0.25) is 0 Å². The van der Waals surface area contributed by atoms with E-state index in [1.54, 1.807) is 13.1 Å². The molecular formula is C17H22N2O. The molecule has 0 saturated heterocycles. The molecule has 0 aliphatic carbocycles. The zero-order valence-electron chi connectivity index (χ0n) is 12.3. The monoisotopic (exact) mass is 270 g/mol. The van der Waals surface area contributed by atoms with E-state index in [0.717, 1.165) is 17.9 Å². The van der Waals surface area contributed by atoms with Crippen LogP contribution in [-0.2, 0) is 6.54 Å². The van der Waals surface area contributed by atoms with Crippen LogP contribution < -0.4 is 4.90 Å². The predicted octanol–water partition coefficient (Wildman–Crippen LogP) is 3.55. The predicted molar refractivity (Wildman–Crippen MR) is 82.6 cm³/mol. The van der Waals surface area contributed by atoms with Crippen molar-refractivity contribution < 1.29 is 5.11 Å². The van der Waals surface area contributed by atoms with E-state index in [2.05, 4.69) is 35.9 Å². The fourth-order valence-electron chi connectivity index (χ4n) is 2.16. The lowest BCUT2D eigenvalue weighted by Crippen LogP contribution is -2.31. The van der Waals surface area contributed by atoms with Gasteiger partial charge in [-0.3, -0.25) is 0 Å². The van der Waals surface area contributed by atoms with Crippen LogP contribution in [-0.4, -0.2) is 16.1 Å². The Bertz CT molecular complexity index is 538. The Morgan fingerprint density at radius 3 is 2.40 bits per heavy atom. The summed E-state index contributed by atoms with van der Waals surface area (Å²) in [6.07, 6.45) is 1.29. The molecular weight excluding hydrogens is 248 g/mol. The molecule has 0 amide bonds. The highest BCUT2D eigenvalue weighted by atomic mass is 16.3. The van der Waals surface area contributed by atoms with Crippen molar-refractivity contribution in [3.05, 3.63) is 59.8 Å². The quantitative estimate of drug-likeness (QED) is 0.902. The van der Waals surface area contributed by atoms with E-state index in [1.165, 1.54) is 5.56 Å². The van der Waals surface area contributed by atoms with Crippen molar-refractivity contribution >= 4 is 5.82 Å². The Morgan fingerprint density at radius 1 is 1.10 bits per heavy atom. The minimum Gasteiger partial charge on any atom is -0.389 e. The third-order valence-corrected chi connectivity index (χ3v) is 3.37. The Morgan fingerprint density at radius 2 is 1.80 bits per heavy atom. The molecule has 1 aromatic carbocycles. The van der Waals surface area contributed by atoms with Crippen LogP contribution in [0.4, 0.5) is 5.82 Å². The second-order valence-electron chi connectivity index (χ2n) is 5.33. The van der Waals surface area contributed by atoms with Crippen molar-refractivity contribution in [3.8, 4) is 0 Å². The second kappa shape index (κ2) is 6.53. The smallest absolute Gasteiger partial charge is 0.129 e. The molecule has 0 aliphatic heterocycles. The summed E-state index contributed by atoms with van der Waals surface area (Å²) in [6.45, 7) is 6.89. The number of hydrogen-bond acceptors (Lipinski definition) is 3. The minimum atomic E-state index is -0.470. The Labute approximate surface area is 120 Å². The summed E-state index contributed by atoms with van der Waals surface area (Å²) in [7, 11) is 0. The lowest BCUT2D eigenvalue weighted by atomic mass is 10.1. The van der Waals surface area contributed by atoms with Crippen LogP contribution >= 0.6 is 0 Å². The molecule has 1 N–H and O–H groups in total. The fourth-order valence-corrected chi connectivity index (χ4v) is 2.16. The Kier molecular flexibility index (Phi) is 4.74. The van der Waals surface area contributed by atoms with E-state index >= 15 is 0 Å². The molecule has 1 heterocycles. The summed E-state index contributed by atoms with van der Waals surface area (Å²) in [6, 6.07) is 14.5. The van der Waals surface area contributed by atoms with Crippen molar-refractivity contribution in [2.75, 3.05) is 4.90 Å². The number of aliphatic hydroxyl groups is 1.